The second-order valence-corrected chi connectivity index (χ2v) is 4.61. The van der Waals surface area contributed by atoms with Crippen LogP contribution in [0.5, 0.6) is 0 Å². The number of aryl methyl sites for hydroxylation is 1. The van der Waals surface area contributed by atoms with Crippen molar-refractivity contribution < 1.29 is 18.0 Å². The molecule has 0 atom stereocenters. The van der Waals surface area contributed by atoms with Crippen LogP contribution in [-0.2, 0) is 0 Å². The predicted molar refractivity (Wildman–Crippen MR) is 73.0 cm³/mol. The maximum absolute atomic E-state index is 11.9. The molecule has 112 valence electrons. The summed E-state index contributed by atoms with van der Waals surface area (Å²) in [4.78, 5) is 11.8. The molecule has 0 aromatic heterocycles. The van der Waals surface area contributed by atoms with E-state index in [4.69, 9.17) is 0 Å². The molecule has 1 aromatic rings. The number of halogens is 3. The molecule has 0 aliphatic rings. The Labute approximate surface area is 116 Å². The van der Waals surface area contributed by atoms with Crippen LogP contribution in [-0.4, -0.2) is 25.7 Å². The molecule has 2 N–H and O–H groups in total. The van der Waals surface area contributed by atoms with Gasteiger partial charge >= 0.3 is 6.18 Å². The number of unbranched alkanes of at least 4 members (excludes halogenated alkanes) is 1. The Morgan fingerprint density at radius 3 is 2.50 bits per heavy atom. The molecule has 1 amide bonds. The molecule has 6 heteroatoms. The molecule has 0 aliphatic carbocycles. The first kappa shape index (κ1) is 16.3. The fourth-order valence-corrected chi connectivity index (χ4v) is 1.84. The Balaban J connectivity index is 2.38. The van der Waals surface area contributed by atoms with Crippen LogP contribution < -0.4 is 10.6 Å². The molecular weight excluding hydrogens is 269 g/mol. The highest BCUT2D eigenvalue weighted by Gasteiger charge is 2.25. The number of hydrogen-bond acceptors (Lipinski definition) is 2. The molecule has 1 rings (SSSR count). The summed E-state index contributed by atoms with van der Waals surface area (Å²) >= 11 is 0. The minimum atomic E-state index is -4.12. The van der Waals surface area contributed by atoms with Gasteiger partial charge in [-0.1, -0.05) is 0 Å². The molecule has 3 nitrogen and oxygen atoms in total. The molecule has 0 heterocycles. The van der Waals surface area contributed by atoms with E-state index in [9.17, 15) is 18.0 Å². The number of benzene rings is 1. The van der Waals surface area contributed by atoms with Gasteiger partial charge in [-0.05, 0) is 43.5 Å². The van der Waals surface area contributed by atoms with Crippen molar-refractivity contribution in [2.24, 2.45) is 0 Å². The van der Waals surface area contributed by atoms with Gasteiger partial charge in [-0.3, -0.25) is 4.79 Å². The Hall–Kier alpha value is -1.72. The summed E-state index contributed by atoms with van der Waals surface area (Å²) < 4.78 is 35.8. The van der Waals surface area contributed by atoms with Crippen molar-refractivity contribution in [2.45, 2.75) is 32.4 Å². The number of hydrogen-bond donors (Lipinski definition) is 2. The highest BCUT2D eigenvalue weighted by molar-refractivity contribution is 5.94. The highest BCUT2D eigenvalue weighted by atomic mass is 19.4. The standard InChI is InChI=1S/C14H19F3N2O/c1-10-9-11(5-6-12(10)18-2)13(20)19-8-4-3-7-14(15,16)17/h5-6,9,18H,3-4,7-8H2,1-2H3,(H,19,20). The Bertz CT molecular complexity index is 458. The van der Waals surface area contributed by atoms with Crippen LogP contribution in [0.25, 0.3) is 0 Å². The maximum Gasteiger partial charge on any atom is 0.389 e. The third kappa shape index (κ3) is 5.50. The molecule has 0 saturated heterocycles. The zero-order chi connectivity index (χ0) is 15.2. The fourth-order valence-electron chi connectivity index (χ4n) is 1.84. The molecule has 0 saturated carbocycles. The zero-order valence-electron chi connectivity index (χ0n) is 11.6. The third-order valence-electron chi connectivity index (χ3n) is 2.93. The second kappa shape index (κ2) is 7.17. The number of anilines is 1. The van der Waals surface area contributed by atoms with Crippen LogP contribution >= 0.6 is 0 Å². The molecule has 0 fully saturated rings. The van der Waals surface area contributed by atoms with E-state index >= 15 is 0 Å². The predicted octanol–water partition coefficient (Wildman–Crippen LogP) is 3.50. The summed E-state index contributed by atoms with van der Waals surface area (Å²) in [5, 5.41) is 5.62. The van der Waals surface area contributed by atoms with Gasteiger partial charge in [-0.15, -0.1) is 0 Å². The monoisotopic (exact) mass is 288 g/mol. The number of rotatable bonds is 6. The zero-order valence-corrected chi connectivity index (χ0v) is 11.6. The van der Waals surface area contributed by atoms with Crippen LogP contribution in [0, 0.1) is 6.92 Å². The lowest BCUT2D eigenvalue weighted by Crippen LogP contribution is -2.24. The number of carbonyl (C=O) groups is 1. The summed E-state index contributed by atoms with van der Waals surface area (Å²) in [6.45, 7) is 2.13. The summed E-state index contributed by atoms with van der Waals surface area (Å²) in [6.07, 6.45) is -4.58. The van der Waals surface area contributed by atoms with Gasteiger partial charge in [0.25, 0.3) is 5.91 Å². The van der Waals surface area contributed by atoms with Gasteiger partial charge in [0.05, 0.1) is 0 Å². The van der Waals surface area contributed by atoms with E-state index in [1.165, 1.54) is 0 Å². The molecule has 0 bridgehead atoms. The Morgan fingerprint density at radius 2 is 1.95 bits per heavy atom. The molecule has 0 radical (unpaired) electrons. The molecular formula is C14H19F3N2O. The van der Waals surface area contributed by atoms with Gasteiger partial charge in [-0.25, -0.2) is 0 Å². The normalized spacial score (nSPS) is 11.2. The smallest absolute Gasteiger partial charge is 0.388 e. The van der Waals surface area contributed by atoms with E-state index in [0.717, 1.165) is 11.3 Å². The van der Waals surface area contributed by atoms with Crippen LogP contribution in [0.15, 0.2) is 18.2 Å². The van der Waals surface area contributed by atoms with Crippen LogP contribution in [0.3, 0.4) is 0 Å². The van der Waals surface area contributed by atoms with E-state index in [1.807, 2.05) is 6.92 Å². The lowest BCUT2D eigenvalue weighted by atomic mass is 10.1. The summed E-state index contributed by atoms with van der Waals surface area (Å²) in [5.41, 5.74) is 2.39. The third-order valence-corrected chi connectivity index (χ3v) is 2.93. The van der Waals surface area contributed by atoms with Gasteiger partial charge in [0.2, 0.25) is 0 Å². The SMILES string of the molecule is CNc1ccc(C(=O)NCCCCC(F)(F)F)cc1C. The van der Waals surface area contributed by atoms with Gasteiger partial charge in [-0.2, -0.15) is 13.2 Å². The van der Waals surface area contributed by atoms with E-state index in [-0.39, 0.29) is 18.9 Å². The summed E-state index contributed by atoms with van der Waals surface area (Å²) in [5.74, 6) is -0.261. The highest BCUT2D eigenvalue weighted by Crippen LogP contribution is 2.22. The second-order valence-electron chi connectivity index (χ2n) is 4.61. The van der Waals surface area contributed by atoms with Gasteiger partial charge in [0, 0.05) is 31.3 Å². The first-order valence-electron chi connectivity index (χ1n) is 6.47. The number of alkyl halides is 3. The minimum Gasteiger partial charge on any atom is -0.388 e. The van der Waals surface area contributed by atoms with Crippen molar-refractivity contribution in [3.63, 3.8) is 0 Å². The number of nitrogens with one attached hydrogen (secondary N) is 2. The number of carbonyl (C=O) groups excluding carboxylic acids is 1. The quantitative estimate of drug-likeness (QED) is 0.787. The minimum absolute atomic E-state index is 0.0293. The van der Waals surface area contributed by atoms with Crippen molar-refractivity contribution in [3.8, 4) is 0 Å². The molecule has 0 aliphatic heterocycles. The number of amides is 1. The molecule has 1 aromatic carbocycles. The molecule has 20 heavy (non-hydrogen) atoms. The average Bonchev–Trinajstić information content (AvgIpc) is 2.36. The molecule has 0 spiro atoms. The Morgan fingerprint density at radius 1 is 1.25 bits per heavy atom. The van der Waals surface area contributed by atoms with Gasteiger partial charge in [0.15, 0.2) is 0 Å². The van der Waals surface area contributed by atoms with Gasteiger partial charge in [0.1, 0.15) is 0 Å². The lowest BCUT2D eigenvalue weighted by Gasteiger charge is -2.09. The topological polar surface area (TPSA) is 41.1 Å². The van der Waals surface area contributed by atoms with Crippen molar-refractivity contribution in [3.05, 3.63) is 29.3 Å². The van der Waals surface area contributed by atoms with Gasteiger partial charge < -0.3 is 10.6 Å². The molecule has 0 unspecified atom stereocenters. The summed E-state index contributed by atoms with van der Waals surface area (Å²) in [6, 6.07) is 5.23. The van der Waals surface area contributed by atoms with E-state index in [0.29, 0.717) is 12.0 Å². The van der Waals surface area contributed by atoms with Crippen molar-refractivity contribution in [1.82, 2.24) is 5.32 Å². The first-order chi connectivity index (χ1) is 9.33. The average molecular weight is 288 g/mol. The van der Waals surface area contributed by atoms with E-state index in [2.05, 4.69) is 10.6 Å². The van der Waals surface area contributed by atoms with Crippen LogP contribution in [0.2, 0.25) is 0 Å². The first-order valence-corrected chi connectivity index (χ1v) is 6.47. The fraction of sp³-hybridized carbons (Fsp3) is 0.500. The van der Waals surface area contributed by atoms with Crippen LogP contribution in [0.1, 0.15) is 35.2 Å². The largest absolute Gasteiger partial charge is 0.389 e. The van der Waals surface area contributed by atoms with Crippen molar-refractivity contribution >= 4 is 11.6 Å². The van der Waals surface area contributed by atoms with Crippen molar-refractivity contribution in [2.75, 3.05) is 18.9 Å². The van der Waals surface area contributed by atoms with Crippen LogP contribution in [0.4, 0.5) is 18.9 Å². The van der Waals surface area contributed by atoms with E-state index in [1.54, 1.807) is 25.2 Å². The summed E-state index contributed by atoms with van der Waals surface area (Å²) in [7, 11) is 1.79. The van der Waals surface area contributed by atoms with Crippen molar-refractivity contribution in [1.29, 1.82) is 0 Å². The maximum atomic E-state index is 11.9. The lowest BCUT2D eigenvalue weighted by molar-refractivity contribution is -0.135. The van der Waals surface area contributed by atoms with E-state index < -0.39 is 12.6 Å². The Kier molecular flexibility index (Phi) is 5.85.